The van der Waals surface area contributed by atoms with Crippen LogP contribution < -0.4 is 24.0 Å². The standard InChI is InChI=1S/C11H20O2.Li/c1-2-3-4-5-6-7-8-9-10-11(12)13;/h9-10H,2-8H2,1H3,(H,12,13);/q;+1/p-1. The van der Waals surface area contributed by atoms with E-state index in [1.54, 1.807) is 6.08 Å². The Labute approximate surface area is 99.0 Å². The third-order valence-corrected chi connectivity index (χ3v) is 1.98. The summed E-state index contributed by atoms with van der Waals surface area (Å²) in [5.41, 5.74) is 0. The molecule has 0 N–H and O–H groups in total. The first-order valence-corrected chi connectivity index (χ1v) is 5.15. The third kappa shape index (κ3) is 14.3. The molecule has 14 heavy (non-hydrogen) atoms. The molecule has 0 saturated carbocycles. The van der Waals surface area contributed by atoms with E-state index in [4.69, 9.17) is 0 Å². The fourth-order valence-corrected chi connectivity index (χ4v) is 1.22. The fourth-order valence-electron chi connectivity index (χ4n) is 1.22. The average molecular weight is 190 g/mol. The van der Waals surface area contributed by atoms with E-state index in [9.17, 15) is 9.90 Å². The molecule has 0 heterocycles. The van der Waals surface area contributed by atoms with E-state index >= 15 is 0 Å². The van der Waals surface area contributed by atoms with Gasteiger partial charge in [-0.2, -0.15) is 0 Å². The normalized spacial score (nSPS) is 10.1. The molecule has 2 nitrogen and oxygen atoms in total. The summed E-state index contributed by atoms with van der Waals surface area (Å²) in [5, 5.41) is 9.98. The Morgan fingerprint density at radius 1 is 1.14 bits per heavy atom. The molecule has 0 aromatic carbocycles. The minimum atomic E-state index is -1.09. The fraction of sp³-hybridized carbons (Fsp3) is 0.727. The molecule has 0 aliphatic rings. The zero-order chi connectivity index (χ0) is 9.94. The van der Waals surface area contributed by atoms with Gasteiger partial charge in [-0.05, 0) is 18.9 Å². The van der Waals surface area contributed by atoms with Crippen LogP contribution in [0, 0.1) is 0 Å². The molecule has 0 atom stereocenters. The topological polar surface area (TPSA) is 40.1 Å². The van der Waals surface area contributed by atoms with Crippen molar-refractivity contribution in [3.05, 3.63) is 12.2 Å². The van der Waals surface area contributed by atoms with Crippen molar-refractivity contribution in [2.24, 2.45) is 0 Å². The molecule has 0 fully saturated rings. The predicted molar refractivity (Wildman–Crippen MR) is 52.1 cm³/mol. The smallest absolute Gasteiger partial charge is 0.545 e. The van der Waals surface area contributed by atoms with Crippen molar-refractivity contribution in [2.75, 3.05) is 0 Å². The second-order valence-corrected chi connectivity index (χ2v) is 3.28. The van der Waals surface area contributed by atoms with Gasteiger partial charge in [-0.25, -0.2) is 0 Å². The third-order valence-electron chi connectivity index (χ3n) is 1.98. The zero-order valence-electron chi connectivity index (χ0n) is 9.42. The van der Waals surface area contributed by atoms with Gasteiger partial charge >= 0.3 is 18.9 Å². The second kappa shape index (κ2) is 12.8. The molecule has 0 spiro atoms. The summed E-state index contributed by atoms with van der Waals surface area (Å²) in [4.78, 5) is 9.98. The van der Waals surface area contributed by atoms with Crippen LogP contribution in [-0.4, -0.2) is 5.97 Å². The van der Waals surface area contributed by atoms with Crippen LogP contribution in [0.25, 0.3) is 0 Å². The first-order valence-electron chi connectivity index (χ1n) is 5.15. The van der Waals surface area contributed by atoms with Gasteiger partial charge in [0.1, 0.15) is 0 Å². The van der Waals surface area contributed by atoms with Crippen LogP contribution in [0.4, 0.5) is 0 Å². The van der Waals surface area contributed by atoms with Crippen LogP contribution in [0.1, 0.15) is 51.9 Å². The Balaban J connectivity index is 0. The van der Waals surface area contributed by atoms with E-state index in [1.165, 1.54) is 32.1 Å². The van der Waals surface area contributed by atoms with Gasteiger partial charge in [0.2, 0.25) is 0 Å². The molecular weight excluding hydrogens is 171 g/mol. The molecule has 0 bridgehead atoms. The molecular formula is C11H19LiO2. The number of aliphatic carboxylic acids is 1. The predicted octanol–water partition coefficient (Wildman–Crippen LogP) is -0.953. The van der Waals surface area contributed by atoms with Gasteiger partial charge in [0, 0.05) is 0 Å². The van der Waals surface area contributed by atoms with Crippen molar-refractivity contribution >= 4 is 5.97 Å². The number of carbonyl (C=O) groups is 1. The van der Waals surface area contributed by atoms with Crippen LogP contribution in [0.5, 0.6) is 0 Å². The van der Waals surface area contributed by atoms with Gasteiger partial charge < -0.3 is 9.90 Å². The van der Waals surface area contributed by atoms with Gasteiger partial charge in [-0.15, -0.1) is 0 Å². The van der Waals surface area contributed by atoms with Gasteiger partial charge in [0.05, 0.1) is 5.97 Å². The number of carbonyl (C=O) groups excluding carboxylic acids is 1. The Morgan fingerprint density at radius 3 is 2.29 bits per heavy atom. The maximum atomic E-state index is 9.98. The molecule has 0 aliphatic carbocycles. The van der Waals surface area contributed by atoms with Crippen LogP contribution in [0.15, 0.2) is 12.2 Å². The molecule has 0 saturated heterocycles. The monoisotopic (exact) mass is 190 g/mol. The number of rotatable bonds is 8. The van der Waals surface area contributed by atoms with Crippen LogP contribution >= 0.6 is 0 Å². The summed E-state index contributed by atoms with van der Waals surface area (Å²) < 4.78 is 0. The number of hydrogen-bond acceptors (Lipinski definition) is 2. The van der Waals surface area contributed by atoms with E-state index in [1.807, 2.05) is 0 Å². The van der Waals surface area contributed by atoms with E-state index in [-0.39, 0.29) is 18.9 Å². The van der Waals surface area contributed by atoms with Crippen molar-refractivity contribution in [3.8, 4) is 0 Å². The quantitative estimate of drug-likeness (QED) is 0.281. The Hall–Kier alpha value is -0.193. The average Bonchev–Trinajstić information content (AvgIpc) is 2.09. The largest absolute Gasteiger partial charge is 1.00 e. The van der Waals surface area contributed by atoms with Gasteiger partial charge in [0.15, 0.2) is 0 Å². The van der Waals surface area contributed by atoms with E-state index in [0.717, 1.165) is 18.9 Å². The molecule has 0 radical (unpaired) electrons. The number of allylic oxidation sites excluding steroid dienone is 1. The molecule has 0 aromatic heterocycles. The maximum Gasteiger partial charge on any atom is 1.00 e. The minimum Gasteiger partial charge on any atom is -0.545 e. The van der Waals surface area contributed by atoms with Crippen LogP contribution in [0.2, 0.25) is 0 Å². The summed E-state index contributed by atoms with van der Waals surface area (Å²) in [6, 6.07) is 0. The van der Waals surface area contributed by atoms with Gasteiger partial charge in [-0.3, -0.25) is 0 Å². The summed E-state index contributed by atoms with van der Waals surface area (Å²) >= 11 is 0. The Morgan fingerprint density at radius 2 is 1.71 bits per heavy atom. The SMILES string of the molecule is CCCCCCCCC=CC(=O)[O-].[Li+]. The molecule has 0 unspecified atom stereocenters. The maximum absolute atomic E-state index is 9.98. The Bertz CT molecular complexity index is 155. The van der Waals surface area contributed by atoms with E-state index < -0.39 is 5.97 Å². The molecule has 0 rings (SSSR count). The van der Waals surface area contributed by atoms with Gasteiger partial charge in [0.25, 0.3) is 0 Å². The summed E-state index contributed by atoms with van der Waals surface area (Å²) in [6.07, 6.45) is 11.1. The van der Waals surface area contributed by atoms with Crippen molar-refractivity contribution < 1.29 is 28.8 Å². The number of unbranched alkanes of at least 4 members (excludes halogenated alkanes) is 6. The second-order valence-electron chi connectivity index (χ2n) is 3.28. The molecule has 0 amide bonds. The first kappa shape index (κ1) is 16.2. The molecule has 0 aliphatic heterocycles. The van der Waals surface area contributed by atoms with Crippen molar-refractivity contribution in [3.63, 3.8) is 0 Å². The zero-order valence-corrected chi connectivity index (χ0v) is 9.42. The van der Waals surface area contributed by atoms with Crippen molar-refractivity contribution in [1.82, 2.24) is 0 Å². The minimum absolute atomic E-state index is 0. The van der Waals surface area contributed by atoms with Crippen LogP contribution in [-0.2, 0) is 4.79 Å². The van der Waals surface area contributed by atoms with Crippen LogP contribution in [0.3, 0.4) is 0 Å². The van der Waals surface area contributed by atoms with E-state index in [0.29, 0.717) is 0 Å². The Kier molecular flexibility index (Phi) is 14.9. The summed E-state index contributed by atoms with van der Waals surface area (Å²) in [6.45, 7) is 2.20. The molecule has 76 valence electrons. The molecule has 0 aromatic rings. The van der Waals surface area contributed by atoms with Crippen molar-refractivity contribution in [1.29, 1.82) is 0 Å². The van der Waals surface area contributed by atoms with E-state index in [2.05, 4.69) is 6.92 Å². The summed E-state index contributed by atoms with van der Waals surface area (Å²) in [5.74, 6) is -1.09. The number of carboxylic acids is 1. The van der Waals surface area contributed by atoms with Gasteiger partial charge in [-0.1, -0.05) is 45.1 Å². The number of hydrogen-bond donors (Lipinski definition) is 0. The number of carboxylic acid groups (broad SMARTS) is 1. The van der Waals surface area contributed by atoms with Crippen molar-refractivity contribution in [2.45, 2.75) is 51.9 Å². The first-order chi connectivity index (χ1) is 6.27. The molecule has 3 heteroatoms. The summed E-state index contributed by atoms with van der Waals surface area (Å²) in [7, 11) is 0.